The highest BCUT2D eigenvalue weighted by Gasteiger charge is 2.18. The zero-order valence-corrected chi connectivity index (χ0v) is 14.6. The predicted octanol–water partition coefficient (Wildman–Crippen LogP) is 5.08. The Hall–Kier alpha value is -0.840. The van der Waals surface area contributed by atoms with E-state index in [1.54, 1.807) is 0 Å². The van der Waals surface area contributed by atoms with Crippen LogP contribution >= 0.6 is 27.3 Å². The van der Waals surface area contributed by atoms with Crippen LogP contribution in [0, 0.1) is 0 Å². The van der Waals surface area contributed by atoms with E-state index in [-0.39, 0.29) is 0 Å². The molecule has 0 saturated heterocycles. The van der Waals surface area contributed by atoms with Gasteiger partial charge in [0.1, 0.15) is 5.75 Å². The number of nitrogens with one attached hydrogen (secondary N) is 1. The second-order valence-electron chi connectivity index (χ2n) is 5.39. The number of rotatable bonds is 6. The maximum absolute atomic E-state index is 5.81. The third-order valence-electron chi connectivity index (χ3n) is 3.83. The molecule has 0 aliphatic carbocycles. The van der Waals surface area contributed by atoms with Crippen LogP contribution in [-0.4, -0.2) is 6.61 Å². The molecule has 0 radical (unpaired) electrons. The molecule has 1 aromatic carbocycles. The van der Waals surface area contributed by atoms with E-state index in [1.165, 1.54) is 22.4 Å². The average Bonchev–Trinajstić information content (AvgIpc) is 3.13. The van der Waals surface area contributed by atoms with Crippen molar-refractivity contribution in [3.05, 3.63) is 50.1 Å². The minimum absolute atomic E-state index is 0.436. The van der Waals surface area contributed by atoms with E-state index in [2.05, 4.69) is 57.8 Å². The van der Waals surface area contributed by atoms with Gasteiger partial charge >= 0.3 is 0 Å². The van der Waals surface area contributed by atoms with Crippen LogP contribution in [0.25, 0.3) is 0 Å². The van der Waals surface area contributed by atoms with Crippen LogP contribution < -0.4 is 10.1 Å². The molecule has 2 nitrogen and oxygen atoms in total. The van der Waals surface area contributed by atoms with Crippen molar-refractivity contribution in [2.75, 3.05) is 6.61 Å². The minimum Gasteiger partial charge on any atom is -0.493 e. The van der Waals surface area contributed by atoms with Crippen LogP contribution in [0.2, 0.25) is 0 Å². The first kappa shape index (κ1) is 15.1. The molecule has 2 aromatic rings. The van der Waals surface area contributed by atoms with Crippen molar-refractivity contribution < 1.29 is 4.74 Å². The highest BCUT2D eigenvalue weighted by molar-refractivity contribution is 9.10. The Labute approximate surface area is 138 Å². The molecule has 0 amide bonds. The van der Waals surface area contributed by atoms with Gasteiger partial charge in [-0.3, -0.25) is 0 Å². The van der Waals surface area contributed by atoms with E-state index in [1.807, 2.05) is 11.3 Å². The maximum Gasteiger partial charge on any atom is 0.127 e. The second-order valence-corrected chi connectivity index (χ2v) is 7.28. The maximum atomic E-state index is 5.81. The average molecular weight is 366 g/mol. The third-order valence-corrected chi connectivity index (χ3v) is 5.27. The fourth-order valence-corrected chi connectivity index (χ4v) is 4.22. The number of benzene rings is 1. The monoisotopic (exact) mass is 365 g/mol. The normalized spacial score (nSPS) is 14.8. The summed E-state index contributed by atoms with van der Waals surface area (Å²) in [4.78, 5) is 1.42. The standard InChI is InChI=1S/C17H20BrNOS/c1-2-4-15(16-5-3-8-21-16)19-11-13-10-14(18)9-12-6-7-20-17(12)13/h3,5,8-10,15,19H,2,4,6-7,11H2,1H3. The van der Waals surface area contributed by atoms with Gasteiger partial charge in [0, 0.05) is 33.9 Å². The molecule has 21 heavy (non-hydrogen) atoms. The summed E-state index contributed by atoms with van der Waals surface area (Å²) in [5, 5.41) is 5.86. The largest absolute Gasteiger partial charge is 0.493 e. The lowest BCUT2D eigenvalue weighted by atomic mass is 10.1. The Bertz CT molecular complexity index is 597. The van der Waals surface area contributed by atoms with Crippen LogP contribution in [-0.2, 0) is 13.0 Å². The summed E-state index contributed by atoms with van der Waals surface area (Å²) in [6, 6.07) is 9.14. The van der Waals surface area contributed by atoms with Crippen molar-refractivity contribution in [2.45, 2.75) is 38.8 Å². The smallest absolute Gasteiger partial charge is 0.127 e. The summed E-state index contributed by atoms with van der Waals surface area (Å²) < 4.78 is 6.95. The van der Waals surface area contributed by atoms with Crippen molar-refractivity contribution in [3.63, 3.8) is 0 Å². The van der Waals surface area contributed by atoms with Gasteiger partial charge in [0.25, 0.3) is 0 Å². The molecule has 1 aliphatic rings. The second kappa shape index (κ2) is 6.95. The Balaban J connectivity index is 1.75. The quantitative estimate of drug-likeness (QED) is 0.770. The molecule has 0 spiro atoms. The van der Waals surface area contributed by atoms with Crippen molar-refractivity contribution in [1.29, 1.82) is 0 Å². The van der Waals surface area contributed by atoms with Crippen molar-refractivity contribution in [1.82, 2.24) is 5.32 Å². The van der Waals surface area contributed by atoms with Gasteiger partial charge in [0.15, 0.2) is 0 Å². The number of thiophene rings is 1. The molecular weight excluding hydrogens is 346 g/mol. The predicted molar refractivity (Wildman–Crippen MR) is 92.1 cm³/mol. The van der Waals surface area contributed by atoms with E-state index in [0.717, 1.165) is 36.2 Å². The Kier molecular flexibility index (Phi) is 4.99. The molecule has 1 N–H and O–H groups in total. The molecule has 1 aliphatic heterocycles. The van der Waals surface area contributed by atoms with Crippen LogP contribution in [0.3, 0.4) is 0 Å². The first-order valence-corrected chi connectivity index (χ1v) is 9.16. The van der Waals surface area contributed by atoms with Crippen molar-refractivity contribution >= 4 is 27.3 Å². The zero-order valence-electron chi connectivity index (χ0n) is 12.2. The number of hydrogen-bond donors (Lipinski definition) is 1. The zero-order chi connectivity index (χ0) is 14.7. The van der Waals surface area contributed by atoms with Crippen LogP contribution in [0.1, 0.15) is 41.8 Å². The van der Waals surface area contributed by atoms with E-state index < -0.39 is 0 Å². The van der Waals surface area contributed by atoms with E-state index in [4.69, 9.17) is 4.74 Å². The third kappa shape index (κ3) is 3.50. The molecule has 0 bridgehead atoms. The highest BCUT2D eigenvalue weighted by atomic mass is 79.9. The highest BCUT2D eigenvalue weighted by Crippen LogP contribution is 2.33. The number of fused-ring (bicyclic) bond motifs is 1. The van der Waals surface area contributed by atoms with Gasteiger partial charge < -0.3 is 10.1 Å². The molecule has 1 aromatic heterocycles. The van der Waals surface area contributed by atoms with Crippen LogP contribution in [0.5, 0.6) is 5.75 Å². The fourth-order valence-electron chi connectivity index (χ4n) is 2.83. The van der Waals surface area contributed by atoms with Gasteiger partial charge in [-0.05, 0) is 35.6 Å². The summed E-state index contributed by atoms with van der Waals surface area (Å²) in [5.74, 6) is 1.09. The lowest BCUT2D eigenvalue weighted by Crippen LogP contribution is -2.20. The summed E-state index contributed by atoms with van der Waals surface area (Å²) in [6.45, 7) is 3.90. The molecule has 1 atom stereocenters. The summed E-state index contributed by atoms with van der Waals surface area (Å²) in [7, 11) is 0. The minimum atomic E-state index is 0.436. The lowest BCUT2D eigenvalue weighted by molar-refractivity contribution is 0.351. The summed E-state index contributed by atoms with van der Waals surface area (Å²) in [5.41, 5.74) is 2.58. The number of ether oxygens (including phenoxy) is 1. The lowest BCUT2D eigenvalue weighted by Gasteiger charge is -2.18. The number of hydrogen-bond acceptors (Lipinski definition) is 3. The summed E-state index contributed by atoms with van der Waals surface area (Å²) >= 11 is 5.44. The van der Waals surface area contributed by atoms with Crippen LogP contribution in [0.4, 0.5) is 0 Å². The van der Waals surface area contributed by atoms with E-state index in [0.29, 0.717) is 6.04 Å². The molecule has 2 heterocycles. The molecule has 4 heteroatoms. The topological polar surface area (TPSA) is 21.3 Å². The number of halogens is 1. The molecule has 0 fully saturated rings. The fraction of sp³-hybridized carbons (Fsp3) is 0.412. The molecule has 112 valence electrons. The van der Waals surface area contributed by atoms with Crippen molar-refractivity contribution in [3.8, 4) is 5.75 Å². The molecule has 1 unspecified atom stereocenters. The first-order chi connectivity index (χ1) is 10.3. The van der Waals surface area contributed by atoms with Crippen molar-refractivity contribution in [2.24, 2.45) is 0 Å². The van der Waals surface area contributed by atoms with Gasteiger partial charge in [-0.15, -0.1) is 11.3 Å². The van der Waals surface area contributed by atoms with E-state index >= 15 is 0 Å². The van der Waals surface area contributed by atoms with Gasteiger partial charge in [-0.25, -0.2) is 0 Å². The van der Waals surface area contributed by atoms with Gasteiger partial charge in [-0.1, -0.05) is 35.3 Å². The Morgan fingerprint density at radius 1 is 1.43 bits per heavy atom. The Morgan fingerprint density at radius 3 is 3.10 bits per heavy atom. The first-order valence-electron chi connectivity index (χ1n) is 7.49. The van der Waals surface area contributed by atoms with Gasteiger partial charge in [0.2, 0.25) is 0 Å². The molecule has 0 saturated carbocycles. The van der Waals surface area contributed by atoms with Crippen LogP contribution in [0.15, 0.2) is 34.1 Å². The van der Waals surface area contributed by atoms with Gasteiger partial charge in [0.05, 0.1) is 6.61 Å². The van der Waals surface area contributed by atoms with E-state index in [9.17, 15) is 0 Å². The SMILES string of the molecule is CCCC(NCc1cc(Br)cc2c1OCC2)c1cccs1. The summed E-state index contributed by atoms with van der Waals surface area (Å²) in [6.07, 6.45) is 3.37. The molecular formula is C17H20BrNOS. The molecule has 3 rings (SSSR count). The Morgan fingerprint density at radius 2 is 2.33 bits per heavy atom. The van der Waals surface area contributed by atoms with Gasteiger partial charge in [-0.2, -0.15) is 0 Å².